The maximum absolute atomic E-state index is 5.96. The summed E-state index contributed by atoms with van der Waals surface area (Å²) in [6.45, 7) is 8.82. The Hall–Kier alpha value is -1.22. The van der Waals surface area contributed by atoms with Crippen molar-refractivity contribution in [2.24, 2.45) is 10.9 Å². The lowest BCUT2D eigenvalue weighted by molar-refractivity contribution is 0.219. The molecule has 0 aliphatic carbocycles. The summed E-state index contributed by atoms with van der Waals surface area (Å²) in [5.74, 6) is 3.04. The second kappa shape index (κ2) is 12.2. The quantitative estimate of drug-likeness (QED) is 0.343. The molecule has 26 heavy (non-hydrogen) atoms. The zero-order valence-electron chi connectivity index (χ0n) is 16.3. The van der Waals surface area contributed by atoms with E-state index in [2.05, 4.69) is 34.5 Å². The van der Waals surface area contributed by atoms with E-state index in [0.29, 0.717) is 12.5 Å². The lowest BCUT2D eigenvalue weighted by Crippen LogP contribution is -2.40. The van der Waals surface area contributed by atoms with Crippen molar-refractivity contribution >= 4 is 29.9 Å². The van der Waals surface area contributed by atoms with Crippen LogP contribution in [0.2, 0.25) is 0 Å². The third-order valence-corrected chi connectivity index (χ3v) is 4.30. The summed E-state index contributed by atoms with van der Waals surface area (Å²) in [5, 5.41) is 6.76. The molecule has 2 rings (SSSR count). The lowest BCUT2D eigenvalue weighted by Gasteiger charge is -2.18. The molecule has 148 valence electrons. The third-order valence-electron chi connectivity index (χ3n) is 4.30. The van der Waals surface area contributed by atoms with Gasteiger partial charge in [-0.05, 0) is 51.9 Å². The maximum Gasteiger partial charge on any atom is 0.191 e. The number of hydrogen-bond donors (Lipinski definition) is 2. The summed E-state index contributed by atoms with van der Waals surface area (Å²) in [6, 6.07) is 7.69. The van der Waals surface area contributed by atoms with E-state index in [4.69, 9.17) is 9.47 Å². The van der Waals surface area contributed by atoms with Gasteiger partial charge in [-0.15, -0.1) is 24.0 Å². The Morgan fingerprint density at radius 1 is 1.31 bits per heavy atom. The fraction of sp³-hybridized carbons (Fsp3) is 0.632. The first-order valence-corrected chi connectivity index (χ1v) is 9.12. The number of nitrogens with zero attached hydrogens (tertiary/aromatic N) is 2. The van der Waals surface area contributed by atoms with Crippen LogP contribution in [-0.4, -0.2) is 63.8 Å². The summed E-state index contributed by atoms with van der Waals surface area (Å²) in [7, 11) is 3.83. The molecule has 2 unspecified atom stereocenters. The van der Waals surface area contributed by atoms with Gasteiger partial charge >= 0.3 is 0 Å². The molecule has 0 amide bonds. The number of rotatable bonds is 8. The Labute approximate surface area is 174 Å². The van der Waals surface area contributed by atoms with E-state index in [1.807, 2.05) is 31.2 Å². The van der Waals surface area contributed by atoms with Crippen LogP contribution in [0.4, 0.5) is 0 Å². The van der Waals surface area contributed by atoms with Crippen LogP contribution in [-0.2, 0) is 0 Å². The highest BCUT2D eigenvalue weighted by Gasteiger charge is 2.19. The Kier molecular flexibility index (Phi) is 10.7. The number of halogens is 1. The van der Waals surface area contributed by atoms with Crippen LogP contribution < -0.4 is 20.1 Å². The molecule has 1 aromatic carbocycles. The van der Waals surface area contributed by atoms with Gasteiger partial charge < -0.3 is 25.0 Å². The number of para-hydroxylation sites is 2. The van der Waals surface area contributed by atoms with Gasteiger partial charge in [-0.25, -0.2) is 4.99 Å². The van der Waals surface area contributed by atoms with Crippen molar-refractivity contribution in [2.45, 2.75) is 26.4 Å². The van der Waals surface area contributed by atoms with Crippen molar-refractivity contribution < 1.29 is 9.47 Å². The van der Waals surface area contributed by atoms with Crippen molar-refractivity contribution in [3.8, 4) is 11.5 Å². The van der Waals surface area contributed by atoms with E-state index < -0.39 is 0 Å². The number of guanidine groups is 1. The van der Waals surface area contributed by atoms with Crippen LogP contribution in [0, 0.1) is 5.92 Å². The Balaban J connectivity index is 0.00000338. The molecule has 0 spiro atoms. The first-order chi connectivity index (χ1) is 12.1. The highest BCUT2D eigenvalue weighted by Crippen LogP contribution is 2.26. The normalized spacial score (nSPS) is 18.8. The molecular formula is C19H33IN4O2. The number of methoxy groups -OCH3 is 1. The predicted molar refractivity (Wildman–Crippen MR) is 118 cm³/mol. The SMILES string of the molecule is CCNC(=NCC(C)Oc1ccccc1OC)NCC1CCN(C)C1.I. The fourth-order valence-corrected chi connectivity index (χ4v) is 2.97. The molecule has 0 saturated carbocycles. The zero-order valence-corrected chi connectivity index (χ0v) is 18.7. The van der Waals surface area contributed by atoms with Crippen molar-refractivity contribution in [1.82, 2.24) is 15.5 Å². The topological polar surface area (TPSA) is 58.1 Å². The van der Waals surface area contributed by atoms with Crippen molar-refractivity contribution in [2.75, 3.05) is 46.9 Å². The number of aliphatic imine (C=N–C) groups is 1. The van der Waals surface area contributed by atoms with Crippen LogP contribution in [0.25, 0.3) is 0 Å². The molecule has 1 aliphatic rings. The molecule has 2 N–H and O–H groups in total. The van der Waals surface area contributed by atoms with Gasteiger partial charge in [0.2, 0.25) is 0 Å². The van der Waals surface area contributed by atoms with E-state index in [0.717, 1.165) is 37.1 Å². The Bertz CT molecular complexity index is 556. The van der Waals surface area contributed by atoms with Gasteiger partial charge in [0.25, 0.3) is 0 Å². The zero-order chi connectivity index (χ0) is 18.1. The standard InChI is InChI=1S/C19H32N4O2.HI/c1-5-20-19(22-13-16-10-11-23(3)14-16)21-12-15(2)25-18-9-7-6-8-17(18)24-4;/h6-9,15-16H,5,10-14H2,1-4H3,(H2,20,21,22);1H. The molecule has 6 nitrogen and oxygen atoms in total. The Morgan fingerprint density at radius 3 is 2.65 bits per heavy atom. The molecule has 1 fully saturated rings. The van der Waals surface area contributed by atoms with Crippen LogP contribution in [0.3, 0.4) is 0 Å². The molecule has 1 saturated heterocycles. The largest absolute Gasteiger partial charge is 0.493 e. The smallest absolute Gasteiger partial charge is 0.191 e. The fourth-order valence-electron chi connectivity index (χ4n) is 2.97. The molecule has 0 bridgehead atoms. The average molecular weight is 476 g/mol. The van der Waals surface area contributed by atoms with Gasteiger partial charge in [0.05, 0.1) is 13.7 Å². The van der Waals surface area contributed by atoms with E-state index >= 15 is 0 Å². The minimum Gasteiger partial charge on any atom is -0.493 e. The van der Waals surface area contributed by atoms with Crippen LogP contribution in [0.5, 0.6) is 11.5 Å². The van der Waals surface area contributed by atoms with Gasteiger partial charge in [-0.3, -0.25) is 0 Å². The molecule has 2 atom stereocenters. The van der Waals surface area contributed by atoms with Crippen molar-refractivity contribution in [3.63, 3.8) is 0 Å². The second-order valence-electron chi connectivity index (χ2n) is 6.60. The van der Waals surface area contributed by atoms with Gasteiger partial charge in [0, 0.05) is 19.6 Å². The first-order valence-electron chi connectivity index (χ1n) is 9.12. The number of ether oxygens (including phenoxy) is 2. The minimum atomic E-state index is -0.0376. The van der Waals surface area contributed by atoms with Crippen LogP contribution >= 0.6 is 24.0 Å². The summed E-state index contributed by atoms with van der Waals surface area (Å²) >= 11 is 0. The second-order valence-corrected chi connectivity index (χ2v) is 6.60. The number of nitrogens with one attached hydrogen (secondary N) is 2. The van der Waals surface area contributed by atoms with E-state index in [1.54, 1.807) is 7.11 Å². The maximum atomic E-state index is 5.96. The van der Waals surface area contributed by atoms with Gasteiger partial charge in [-0.1, -0.05) is 12.1 Å². The number of benzene rings is 1. The predicted octanol–water partition coefficient (Wildman–Crippen LogP) is 2.59. The van der Waals surface area contributed by atoms with Gasteiger partial charge in [0.1, 0.15) is 6.10 Å². The summed E-state index contributed by atoms with van der Waals surface area (Å²) in [5.41, 5.74) is 0. The average Bonchev–Trinajstić information content (AvgIpc) is 3.03. The molecule has 0 aromatic heterocycles. The first kappa shape index (κ1) is 22.8. The van der Waals surface area contributed by atoms with E-state index in [1.165, 1.54) is 13.0 Å². The third kappa shape index (κ3) is 7.57. The van der Waals surface area contributed by atoms with Gasteiger partial charge in [0.15, 0.2) is 17.5 Å². The lowest BCUT2D eigenvalue weighted by atomic mass is 10.1. The molecule has 1 aromatic rings. The molecule has 0 radical (unpaired) electrons. The van der Waals surface area contributed by atoms with Crippen molar-refractivity contribution in [3.05, 3.63) is 24.3 Å². The number of hydrogen-bond acceptors (Lipinski definition) is 4. The van der Waals surface area contributed by atoms with Crippen LogP contribution in [0.1, 0.15) is 20.3 Å². The monoisotopic (exact) mass is 476 g/mol. The number of likely N-dealkylation sites (tertiary alicyclic amines) is 1. The minimum absolute atomic E-state index is 0. The molecule has 1 aliphatic heterocycles. The molecule has 7 heteroatoms. The highest BCUT2D eigenvalue weighted by atomic mass is 127. The summed E-state index contributed by atoms with van der Waals surface area (Å²) in [4.78, 5) is 7.03. The van der Waals surface area contributed by atoms with Crippen molar-refractivity contribution in [1.29, 1.82) is 0 Å². The van der Waals surface area contributed by atoms with E-state index in [9.17, 15) is 0 Å². The summed E-state index contributed by atoms with van der Waals surface area (Å²) in [6.07, 6.45) is 1.21. The Morgan fingerprint density at radius 2 is 2.04 bits per heavy atom. The molecule has 1 heterocycles. The molecular weight excluding hydrogens is 443 g/mol. The highest BCUT2D eigenvalue weighted by molar-refractivity contribution is 14.0. The van der Waals surface area contributed by atoms with Gasteiger partial charge in [-0.2, -0.15) is 0 Å². The van der Waals surface area contributed by atoms with Crippen LogP contribution in [0.15, 0.2) is 29.3 Å². The summed E-state index contributed by atoms with van der Waals surface area (Å²) < 4.78 is 11.3. The van der Waals surface area contributed by atoms with E-state index in [-0.39, 0.29) is 30.1 Å².